The molecule has 0 bridgehead atoms. The largest absolute Gasteiger partial charge is 0.480 e. The summed E-state index contributed by atoms with van der Waals surface area (Å²) in [6, 6.07) is 11.1. The Morgan fingerprint density at radius 1 is 1.21 bits per heavy atom. The van der Waals surface area contributed by atoms with Crippen molar-refractivity contribution in [1.29, 1.82) is 0 Å². The molecule has 1 saturated carbocycles. The topological polar surface area (TPSA) is 72.9 Å². The molecule has 1 aromatic carbocycles. The van der Waals surface area contributed by atoms with Gasteiger partial charge in [-0.15, -0.1) is 0 Å². The minimum atomic E-state index is -0.791. The second kappa shape index (κ2) is 8.95. The van der Waals surface area contributed by atoms with Crippen molar-refractivity contribution in [2.75, 3.05) is 26.2 Å². The number of likely N-dealkylation sites (tertiary alicyclic amines) is 1. The Morgan fingerprint density at radius 3 is 2.57 bits per heavy atom. The van der Waals surface area contributed by atoms with Crippen molar-refractivity contribution < 1.29 is 14.7 Å². The Morgan fingerprint density at radius 2 is 1.93 bits per heavy atom. The van der Waals surface area contributed by atoms with Crippen LogP contribution in [-0.2, 0) is 10.2 Å². The van der Waals surface area contributed by atoms with Crippen molar-refractivity contribution in [3.05, 3.63) is 35.9 Å². The zero-order valence-corrected chi connectivity index (χ0v) is 17.1. The smallest absolute Gasteiger partial charge is 0.317 e. The fraction of sp³-hybridized carbons (Fsp3) is 0.636. The van der Waals surface area contributed by atoms with Crippen LogP contribution in [0.5, 0.6) is 0 Å². The lowest BCUT2D eigenvalue weighted by Crippen LogP contribution is -2.56. The summed E-state index contributed by atoms with van der Waals surface area (Å²) >= 11 is 0. The van der Waals surface area contributed by atoms with Crippen LogP contribution in [0.2, 0.25) is 0 Å². The molecular formula is C22H33N3O3. The van der Waals surface area contributed by atoms with Crippen molar-refractivity contribution in [2.45, 2.75) is 63.5 Å². The summed E-state index contributed by atoms with van der Waals surface area (Å²) in [5, 5.41) is 12.2. The van der Waals surface area contributed by atoms with Gasteiger partial charge in [0.05, 0.1) is 6.54 Å². The predicted octanol–water partition coefficient (Wildman–Crippen LogP) is 3.08. The van der Waals surface area contributed by atoms with E-state index in [0.29, 0.717) is 0 Å². The van der Waals surface area contributed by atoms with E-state index in [1.54, 1.807) is 0 Å². The van der Waals surface area contributed by atoms with Gasteiger partial charge in [-0.1, -0.05) is 44.2 Å². The first-order valence-electron chi connectivity index (χ1n) is 10.5. The van der Waals surface area contributed by atoms with Gasteiger partial charge in [0, 0.05) is 25.2 Å². The maximum absolute atomic E-state index is 12.7. The zero-order valence-electron chi connectivity index (χ0n) is 17.1. The monoisotopic (exact) mass is 387 g/mol. The normalized spacial score (nSPS) is 27.8. The van der Waals surface area contributed by atoms with Crippen LogP contribution >= 0.6 is 0 Å². The fourth-order valence-electron chi connectivity index (χ4n) is 4.55. The molecule has 1 aliphatic heterocycles. The third kappa shape index (κ3) is 4.85. The third-order valence-corrected chi connectivity index (χ3v) is 6.55. The number of hydrogen-bond acceptors (Lipinski definition) is 3. The Hall–Kier alpha value is -2.08. The van der Waals surface area contributed by atoms with Crippen molar-refractivity contribution in [3.63, 3.8) is 0 Å². The highest BCUT2D eigenvalue weighted by Gasteiger charge is 2.36. The Kier molecular flexibility index (Phi) is 6.60. The molecule has 1 aliphatic carbocycles. The molecule has 6 nitrogen and oxygen atoms in total. The molecule has 1 unspecified atom stereocenters. The Bertz CT molecular complexity index is 675. The number of likely N-dealkylation sites (N-methyl/N-ethyl adjacent to an activating group) is 1. The third-order valence-electron chi connectivity index (χ3n) is 6.55. The first kappa shape index (κ1) is 20.6. The summed E-state index contributed by atoms with van der Waals surface area (Å²) in [5.41, 5.74) is 1.48. The number of urea groups is 1. The van der Waals surface area contributed by atoms with Gasteiger partial charge in [0.15, 0.2) is 0 Å². The molecule has 1 aromatic rings. The van der Waals surface area contributed by atoms with Crippen molar-refractivity contribution in [3.8, 4) is 0 Å². The van der Waals surface area contributed by atoms with Crippen LogP contribution in [0.25, 0.3) is 0 Å². The molecule has 1 heterocycles. The molecule has 0 radical (unpaired) electrons. The van der Waals surface area contributed by atoms with Gasteiger partial charge in [-0.3, -0.25) is 9.69 Å². The summed E-state index contributed by atoms with van der Waals surface area (Å²) in [4.78, 5) is 27.6. The zero-order chi connectivity index (χ0) is 20.1. The number of amides is 2. The highest BCUT2D eigenvalue weighted by Crippen LogP contribution is 2.35. The number of carbonyl (C=O) groups is 2. The lowest BCUT2D eigenvalue weighted by atomic mass is 9.76. The van der Waals surface area contributed by atoms with Gasteiger partial charge in [0.2, 0.25) is 0 Å². The summed E-state index contributed by atoms with van der Waals surface area (Å²) < 4.78 is 0. The van der Waals surface area contributed by atoms with Crippen LogP contribution in [0.4, 0.5) is 4.79 Å². The number of hydrogen-bond donors (Lipinski definition) is 2. The average molecular weight is 388 g/mol. The summed E-state index contributed by atoms with van der Waals surface area (Å²) in [5.74, 6) is -0.791. The van der Waals surface area contributed by atoms with Gasteiger partial charge in [-0.05, 0) is 49.6 Å². The van der Waals surface area contributed by atoms with Gasteiger partial charge in [-0.2, -0.15) is 0 Å². The van der Waals surface area contributed by atoms with Crippen LogP contribution < -0.4 is 5.32 Å². The van der Waals surface area contributed by atoms with E-state index in [1.165, 1.54) is 5.56 Å². The molecule has 0 aromatic heterocycles. The number of aliphatic carboxylic acids is 1. The molecule has 2 amide bonds. The van der Waals surface area contributed by atoms with Crippen LogP contribution in [0.3, 0.4) is 0 Å². The maximum Gasteiger partial charge on any atom is 0.317 e. The number of benzene rings is 1. The molecular weight excluding hydrogens is 354 g/mol. The van der Waals surface area contributed by atoms with Crippen LogP contribution in [-0.4, -0.2) is 65.2 Å². The highest BCUT2D eigenvalue weighted by molar-refractivity contribution is 5.74. The molecule has 3 rings (SSSR count). The first-order valence-corrected chi connectivity index (χ1v) is 10.5. The number of rotatable bonds is 6. The van der Waals surface area contributed by atoms with E-state index >= 15 is 0 Å². The lowest BCUT2D eigenvalue weighted by Gasteiger charge is -2.42. The minimum Gasteiger partial charge on any atom is -0.480 e. The fourth-order valence-corrected chi connectivity index (χ4v) is 4.55. The van der Waals surface area contributed by atoms with Crippen molar-refractivity contribution >= 4 is 12.0 Å². The SMILES string of the molecule is CCN(CC(=O)O)C1CC(NC(=O)N2CCCC(C)(c3ccccc3)CC2)C1. The van der Waals surface area contributed by atoms with E-state index in [1.807, 2.05) is 22.8 Å². The molecule has 154 valence electrons. The quantitative estimate of drug-likeness (QED) is 0.787. The van der Waals surface area contributed by atoms with E-state index in [-0.39, 0.29) is 30.1 Å². The van der Waals surface area contributed by atoms with Crippen LogP contribution in [0.15, 0.2) is 30.3 Å². The lowest BCUT2D eigenvalue weighted by molar-refractivity contribution is -0.139. The van der Waals surface area contributed by atoms with E-state index in [2.05, 4.69) is 36.5 Å². The Labute approximate surface area is 167 Å². The van der Waals surface area contributed by atoms with Crippen molar-refractivity contribution in [2.24, 2.45) is 0 Å². The standard InChI is InChI=1S/C22H33N3O3/c1-3-24(16-20(26)27)19-14-18(15-19)23-21(28)25-12-7-10-22(2,11-13-25)17-8-5-4-6-9-17/h4-6,8-9,18-19H,3,7,10-16H2,1-2H3,(H,23,28)(H,26,27). The predicted molar refractivity (Wildman–Crippen MR) is 109 cm³/mol. The molecule has 1 saturated heterocycles. The minimum absolute atomic E-state index is 0.0297. The second-order valence-electron chi connectivity index (χ2n) is 8.50. The van der Waals surface area contributed by atoms with E-state index in [4.69, 9.17) is 5.11 Å². The molecule has 2 aliphatic rings. The number of carboxylic acids is 1. The molecule has 28 heavy (non-hydrogen) atoms. The second-order valence-corrected chi connectivity index (χ2v) is 8.50. The van der Waals surface area contributed by atoms with E-state index in [9.17, 15) is 9.59 Å². The van der Waals surface area contributed by atoms with E-state index in [0.717, 1.165) is 51.7 Å². The van der Waals surface area contributed by atoms with Gasteiger partial charge in [0.1, 0.15) is 0 Å². The molecule has 1 atom stereocenters. The summed E-state index contributed by atoms with van der Waals surface area (Å²) in [6.07, 6.45) is 4.74. The average Bonchev–Trinajstić information content (AvgIpc) is 2.86. The van der Waals surface area contributed by atoms with Crippen LogP contribution in [0, 0.1) is 0 Å². The van der Waals surface area contributed by atoms with Crippen LogP contribution in [0.1, 0.15) is 51.5 Å². The number of carboxylic acid groups (broad SMARTS) is 1. The van der Waals surface area contributed by atoms with Gasteiger partial charge in [0.25, 0.3) is 0 Å². The molecule has 6 heteroatoms. The first-order chi connectivity index (χ1) is 13.4. The number of carbonyl (C=O) groups excluding carboxylic acids is 1. The number of nitrogens with one attached hydrogen (secondary N) is 1. The molecule has 0 spiro atoms. The molecule has 2 N–H and O–H groups in total. The van der Waals surface area contributed by atoms with Gasteiger partial charge < -0.3 is 15.3 Å². The summed E-state index contributed by atoms with van der Waals surface area (Å²) in [7, 11) is 0. The summed E-state index contributed by atoms with van der Waals surface area (Å²) in [6.45, 7) is 6.66. The van der Waals surface area contributed by atoms with Gasteiger partial charge >= 0.3 is 12.0 Å². The number of nitrogens with zero attached hydrogens (tertiary/aromatic N) is 2. The molecule has 2 fully saturated rings. The van der Waals surface area contributed by atoms with Gasteiger partial charge in [-0.25, -0.2) is 4.79 Å². The van der Waals surface area contributed by atoms with E-state index < -0.39 is 5.97 Å². The van der Waals surface area contributed by atoms with Crippen molar-refractivity contribution in [1.82, 2.24) is 15.1 Å². The maximum atomic E-state index is 12.7. The Balaban J connectivity index is 1.48. The highest BCUT2D eigenvalue weighted by atomic mass is 16.4.